The number of rotatable bonds is 4. The van der Waals surface area contributed by atoms with Gasteiger partial charge in [0.2, 0.25) is 0 Å². The molecule has 0 atom stereocenters. The van der Waals surface area contributed by atoms with Gasteiger partial charge in [-0.05, 0) is 37.6 Å². The molecule has 2 aromatic carbocycles. The zero-order valence-corrected chi connectivity index (χ0v) is 14.7. The van der Waals surface area contributed by atoms with Gasteiger partial charge in [-0.25, -0.2) is 9.37 Å². The number of hydrogen-bond acceptors (Lipinski definition) is 4. The quantitative estimate of drug-likeness (QED) is 0.629. The summed E-state index contributed by atoms with van der Waals surface area (Å²) in [5.41, 5.74) is 5.25. The Bertz CT molecular complexity index is 983. The minimum absolute atomic E-state index is 0.330. The van der Waals surface area contributed by atoms with E-state index in [1.54, 1.807) is 18.3 Å². The Balaban J connectivity index is 1.86. The Labute approximate surface area is 150 Å². The van der Waals surface area contributed by atoms with Crippen molar-refractivity contribution in [3.8, 4) is 17.3 Å². The normalized spacial score (nSPS) is 11.2. The van der Waals surface area contributed by atoms with Crippen molar-refractivity contribution in [2.24, 2.45) is 0 Å². The molecule has 1 heterocycles. The monoisotopic (exact) mass is 349 g/mol. The average Bonchev–Trinajstić information content (AvgIpc) is 3.05. The molecule has 0 saturated carbocycles. The summed E-state index contributed by atoms with van der Waals surface area (Å²) < 4.78 is 13.2. The van der Waals surface area contributed by atoms with Crippen LogP contribution in [0.2, 0.25) is 0 Å². The number of nitrogens with zero attached hydrogens (tertiary/aromatic N) is 2. The summed E-state index contributed by atoms with van der Waals surface area (Å²) in [4.78, 5) is 4.59. The Kier molecular flexibility index (Phi) is 4.92. The van der Waals surface area contributed by atoms with E-state index in [0.717, 1.165) is 16.8 Å². The Hall–Kier alpha value is -2.97. The maximum Gasteiger partial charge on any atom is 0.136 e. The SMILES string of the molecule is Cc1ccc(-c2csc(C(C#N)=CNc3cccc(F)c3)n2)c(C)c1. The van der Waals surface area contributed by atoms with Crippen LogP contribution in [-0.2, 0) is 0 Å². The molecule has 0 fully saturated rings. The van der Waals surface area contributed by atoms with Gasteiger partial charge < -0.3 is 5.32 Å². The Morgan fingerprint density at radius 3 is 2.80 bits per heavy atom. The van der Waals surface area contributed by atoms with Gasteiger partial charge in [0, 0.05) is 22.8 Å². The lowest BCUT2D eigenvalue weighted by Gasteiger charge is -2.03. The van der Waals surface area contributed by atoms with E-state index in [9.17, 15) is 9.65 Å². The second-order valence-corrected chi connectivity index (χ2v) is 6.54. The van der Waals surface area contributed by atoms with E-state index in [0.29, 0.717) is 16.3 Å². The smallest absolute Gasteiger partial charge is 0.136 e. The van der Waals surface area contributed by atoms with Gasteiger partial charge >= 0.3 is 0 Å². The van der Waals surface area contributed by atoms with Crippen molar-refractivity contribution in [1.29, 1.82) is 5.26 Å². The summed E-state index contributed by atoms with van der Waals surface area (Å²) in [5, 5.41) is 14.9. The third kappa shape index (κ3) is 3.93. The fourth-order valence-electron chi connectivity index (χ4n) is 2.50. The van der Waals surface area contributed by atoms with E-state index >= 15 is 0 Å². The van der Waals surface area contributed by atoms with Gasteiger partial charge in [0.05, 0.1) is 5.69 Å². The molecule has 0 spiro atoms. The number of thiazole rings is 1. The molecule has 3 nitrogen and oxygen atoms in total. The molecule has 0 unspecified atom stereocenters. The first-order valence-corrected chi connectivity index (χ1v) is 8.60. The van der Waals surface area contributed by atoms with Crippen LogP contribution in [0.3, 0.4) is 0 Å². The molecule has 1 N–H and O–H groups in total. The van der Waals surface area contributed by atoms with E-state index in [-0.39, 0.29) is 5.82 Å². The van der Waals surface area contributed by atoms with Crippen LogP contribution in [0.25, 0.3) is 16.8 Å². The van der Waals surface area contributed by atoms with Crippen molar-refractivity contribution in [2.75, 3.05) is 5.32 Å². The van der Waals surface area contributed by atoms with Crippen molar-refractivity contribution in [2.45, 2.75) is 13.8 Å². The van der Waals surface area contributed by atoms with Crippen molar-refractivity contribution < 1.29 is 4.39 Å². The first-order valence-electron chi connectivity index (χ1n) is 7.73. The molecule has 1 aromatic heterocycles. The minimum Gasteiger partial charge on any atom is -0.360 e. The van der Waals surface area contributed by atoms with Crippen LogP contribution in [0.5, 0.6) is 0 Å². The average molecular weight is 349 g/mol. The Morgan fingerprint density at radius 2 is 2.08 bits per heavy atom. The van der Waals surface area contributed by atoms with Crippen molar-refractivity contribution in [3.63, 3.8) is 0 Å². The van der Waals surface area contributed by atoms with Crippen LogP contribution >= 0.6 is 11.3 Å². The van der Waals surface area contributed by atoms with Crippen LogP contribution in [0.15, 0.2) is 54.0 Å². The molecule has 124 valence electrons. The molecular formula is C20H16FN3S. The van der Waals surface area contributed by atoms with E-state index in [1.807, 2.05) is 24.4 Å². The van der Waals surface area contributed by atoms with Gasteiger partial charge in [-0.3, -0.25) is 0 Å². The minimum atomic E-state index is -0.330. The lowest BCUT2D eigenvalue weighted by atomic mass is 10.0. The number of aromatic nitrogens is 1. The van der Waals surface area contributed by atoms with Crippen LogP contribution in [0, 0.1) is 31.0 Å². The molecule has 0 aliphatic heterocycles. The Morgan fingerprint density at radius 1 is 1.24 bits per heavy atom. The molecule has 0 saturated heterocycles. The number of anilines is 1. The molecular weight excluding hydrogens is 333 g/mol. The van der Waals surface area contributed by atoms with Gasteiger partial charge in [-0.15, -0.1) is 11.3 Å². The number of aryl methyl sites for hydroxylation is 2. The highest BCUT2D eigenvalue weighted by Gasteiger charge is 2.10. The number of nitriles is 1. The zero-order chi connectivity index (χ0) is 17.8. The molecule has 5 heteroatoms. The molecule has 25 heavy (non-hydrogen) atoms. The topological polar surface area (TPSA) is 48.7 Å². The standard InChI is InChI=1S/C20H16FN3S/c1-13-6-7-18(14(2)8-13)19-12-25-20(24-19)15(10-22)11-23-17-5-3-4-16(21)9-17/h3-9,11-12,23H,1-2H3. The van der Waals surface area contributed by atoms with Crippen LogP contribution in [0.1, 0.15) is 16.1 Å². The summed E-state index contributed by atoms with van der Waals surface area (Å²) in [6.45, 7) is 4.10. The predicted molar refractivity (Wildman–Crippen MR) is 101 cm³/mol. The lowest BCUT2D eigenvalue weighted by Crippen LogP contribution is -1.92. The zero-order valence-electron chi connectivity index (χ0n) is 13.9. The fourth-order valence-corrected chi connectivity index (χ4v) is 3.28. The van der Waals surface area contributed by atoms with E-state index in [1.165, 1.54) is 29.0 Å². The van der Waals surface area contributed by atoms with Gasteiger partial charge in [-0.1, -0.05) is 29.8 Å². The number of hydrogen-bond donors (Lipinski definition) is 1. The summed E-state index contributed by atoms with van der Waals surface area (Å²) in [7, 11) is 0. The number of allylic oxidation sites excluding steroid dienone is 1. The van der Waals surface area contributed by atoms with Gasteiger partial charge in [0.15, 0.2) is 0 Å². The van der Waals surface area contributed by atoms with Gasteiger partial charge in [-0.2, -0.15) is 5.26 Å². The molecule has 0 aliphatic carbocycles. The van der Waals surface area contributed by atoms with Crippen molar-refractivity contribution >= 4 is 22.6 Å². The summed E-state index contributed by atoms with van der Waals surface area (Å²) in [6.07, 6.45) is 1.55. The highest BCUT2D eigenvalue weighted by Crippen LogP contribution is 2.28. The largest absolute Gasteiger partial charge is 0.360 e. The first kappa shape index (κ1) is 16.9. The van der Waals surface area contributed by atoms with Crippen LogP contribution in [-0.4, -0.2) is 4.98 Å². The van der Waals surface area contributed by atoms with Crippen LogP contribution < -0.4 is 5.32 Å². The molecule has 3 aromatic rings. The lowest BCUT2D eigenvalue weighted by molar-refractivity contribution is 0.628. The van der Waals surface area contributed by atoms with E-state index in [4.69, 9.17) is 0 Å². The van der Waals surface area contributed by atoms with E-state index < -0.39 is 0 Å². The maximum atomic E-state index is 13.2. The molecule has 0 radical (unpaired) electrons. The van der Waals surface area contributed by atoms with E-state index in [2.05, 4.69) is 29.4 Å². The summed E-state index contributed by atoms with van der Waals surface area (Å²) in [5.74, 6) is -0.330. The third-order valence-corrected chi connectivity index (χ3v) is 4.60. The van der Waals surface area contributed by atoms with Crippen molar-refractivity contribution in [3.05, 3.63) is 76.0 Å². The molecule has 3 rings (SSSR count). The molecule has 0 bridgehead atoms. The second-order valence-electron chi connectivity index (χ2n) is 5.68. The van der Waals surface area contributed by atoms with Crippen LogP contribution in [0.4, 0.5) is 10.1 Å². The highest BCUT2D eigenvalue weighted by molar-refractivity contribution is 7.11. The fraction of sp³-hybridized carbons (Fsp3) is 0.100. The second kappa shape index (κ2) is 7.29. The summed E-state index contributed by atoms with van der Waals surface area (Å²) >= 11 is 1.41. The molecule has 0 aliphatic rings. The van der Waals surface area contributed by atoms with Gasteiger partial charge in [0.1, 0.15) is 22.5 Å². The number of benzene rings is 2. The third-order valence-electron chi connectivity index (χ3n) is 3.72. The molecule has 0 amide bonds. The number of nitrogens with one attached hydrogen (secondary N) is 1. The highest BCUT2D eigenvalue weighted by atomic mass is 32.1. The predicted octanol–water partition coefficient (Wildman–Crippen LogP) is 5.54. The van der Waals surface area contributed by atoms with Crippen molar-refractivity contribution in [1.82, 2.24) is 4.98 Å². The van der Waals surface area contributed by atoms with Gasteiger partial charge in [0.25, 0.3) is 0 Å². The maximum absolute atomic E-state index is 13.2. The first-order chi connectivity index (χ1) is 12.1. The number of halogens is 1. The summed E-state index contributed by atoms with van der Waals surface area (Å²) in [6, 6.07) is 14.4.